The van der Waals surface area contributed by atoms with Crippen LogP contribution < -0.4 is 5.32 Å². The zero-order valence-electron chi connectivity index (χ0n) is 23.1. The number of carbonyl (C=O) groups excluding carboxylic acids is 4. The van der Waals surface area contributed by atoms with E-state index in [9.17, 15) is 29.4 Å². The summed E-state index contributed by atoms with van der Waals surface area (Å²) in [5, 5.41) is 25.9. The first-order chi connectivity index (χ1) is 19.0. The molecule has 3 saturated carbocycles. The number of rotatable bonds is 8. The molecule has 40 heavy (non-hydrogen) atoms. The third-order valence-corrected chi connectivity index (χ3v) is 10.2. The van der Waals surface area contributed by atoms with Crippen LogP contribution in [0.5, 0.6) is 0 Å². The molecule has 4 aliphatic rings. The molecule has 0 saturated heterocycles. The molecule has 0 aliphatic heterocycles. The van der Waals surface area contributed by atoms with Crippen LogP contribution in [0.15, 0.2) is 48.3 Å². The van der Waals surface area contributed by atoms with Gasteiger partial charge in [-0.3, -0.25) is 24.2 Å². The van der Waals surface area contributed by atoms with E-state index >= 15 is 0 Å². The van der Waals surface area contributed by atoms with Gasteiger partial charge >= 0.3 is 5.97 Å². The van der Waals surface area contributed by atoms with Gasteiger partial charge in [0.2, 0.25) is 11.7 Å². The highest BCUT2D eigenvalue weighted by molar-refractivity contribution is 6.01. The van der Waals surface area contributed by atoms with Crippen molar-refractivity contribution in [3.63, 3.8) is 0 Å². The van der Waals surface area contributed by atoms with Crippen molar-refractivity contribution in [3.8, 4) is 0 Å². The van der Waals surface area contributed by atoms with Gasteiger partial charge in [0.25, 0.3) is 0 Å². The lowest BCUT2D eigenvalue weighted by atomic mass is 9.46. The molecule has 9 heteroatoms. The summed E-state index contributed by atoms with van der Waals surface area (Å²) in [7, 11) is 0. The number of ether oxygens (including phenoxy) is 1. The van der Waals surface area contributed by atoms with E-state index < -0.39 is 40.9 Å². The number of aliphatic hydroxyl groups is 2. The van der Waals surface area contributed by atoms with Crippen LogP contribution in [0.25, 0.3) is 0 Å². The summed E-state index contributed by atoms with van der Waals surface area (Å²) in [6, 6.07) is 3.60. The van der Waals surface area contributed by atoms with Crippen molar-refractivity contribution >= 4 is 23.4 Å². The maximum absolute atomic E-state index is 13.4. The first kappa shape index (κ1) is 28.4. The number of aromatic nitrogens is 1. The highest BCUT2D eigenvalue weighted by Gasteiger charge is 2.68. The predicted molar refractivity (Wildman–Crippen MR) is 144 cm³/mol. The van der Waals surface area contributed by atoms with Crippen molar-refractivity contribution in [2.45, 2.75) is 77.0 Å². The average molecular weight is 551 g/mol. The number of nitrogens with zero attached hydrogens (tertiary/aromatic N) is 1. The van der Waals surface area contributed by atoms with Crippen LogP contribution in [-0.2, 0) is 30.5 Å². The number of hydrogen-bond donors (Lipinski definition) is 3. The molecule has 1 aromatic heterocycles. The molecular formula is C31H38N2O7. The van der Waals surface area contributed by atoms with E-state index in [4.69, 9.17) is 4.74 Å². The van der Waals surface area contributed by atoms with Crippen molar-refractivity contribution in [3.05, 3.63) is 53.9 Å². The highest BCUT2D eigenvalue weighted by atomic mass is 16.5. The number of esters is 1. The molecule has 7 atom stereocenters. The summed E-state index contributed by atoms with van der Waals surface area (Å²) in [6.45, 7) is 3.68. The molecule has 9 nitrogen and oxygen atoms in total. The topological polar surface area (TPSA) is 143 Å². The molecular weight excluding hydrogens is 512 g/mol. The average Bonchev–Trinajstić information content (AvgIpc) is 3.20. The quantitative estimate of drug-likeness (QED) is 0.419. The SMILES string of the molecule is CC12C=CC(=O)C=C1CCC1C2C(O)CC2(C)C1CCC2(O)C(=O)COC(=O)CCC(=O)NCc1cccnc1. The fourth-order valence-corrected chi connectivity index (χ4v) is 8.13. The normalized spacial score (nSPS) is 36.1. The summed E-state index contributed by atoms with van der Waals surface area (Å²) in [6.07, 6.45) is 10.1. The zero-order chi connectivity index (χ0) is 28.7. The van der Waals surface area contributed by atoms with Crippen LogP contribution in [0.3, 0.4) is 0 Å². The molecule has 4 aliphatic carbocycles. The minimum absolute atomic E-state index is 0.0125. The number of ketones is 2. The third-order valence-electron chi connectivity index (χ3n) is 10.2. The Balaban J connectivity index is 1.18. The maximum atomic E-state index is 13.4. The molecule has 1 aromatic rings. The monoisotopic (exact) mass is 550 g/mol. The van der Waals surface area contributed by atoms with Crippen molar-refractivity contribution in [2.75, 3.05) is 6.61 Å². The summed E-state index contributed by atoms with van der Waals surface area (Å²) in [4.78, 5) is 53.8. The Morgan fingerprint density at radius 2 is 2.00 bits per heavy atom. The number of carbonyl (C=O) groups is 4. The first-order valence-electron chi connectivity index (χ1n) is 14.2. The Labute approximate surface area is 234 Å². The van der Waals surface area contributed by atoms with Crippen LogP contribution >= 0.6 is 0 Å². The third kappa shape index (κ3) is 4.83. The largest absolute Gasteiger partial charge is 0.458 e. The van der Waals surface area contributed by atoms with Gasteiger partial charge in [0.15, 0.2) is 12.4 Å². The second kappa shape index (κ2) is 10.7. The Morgan fingerprint density at radius 1 is 1.20 bits per heavy atom. The Hall–Kier alpha value is -3.17. The van der Waals surface area contributed by atoms with Crippen molar-refractivity contribution in [1.29, 1.82) is 0 Å². The lowest BCUT2D eigenvalue weighted by Gasteiger charge is -2.59. The molecule has 3 N–H and O–H groups in total. The number of allylic oxidation sites excluding steroid dienone is 4. The number of hydrogen-bond acceptors (Lipinski definition) is 8. The summed E-state index contributed by atoms with van der Waals surface area (Å²) in [5.74, 6) is -1.60. The highest BCUT2D eigenvalue weighted by Crippen LogP contribution is 2.67. The molecule has 0 bridgehead atoms. The number of fused-ring (bicyclic) bond motifs is 5. The van der Waals surface area contributed by atoms with Gasteiger partial charge in [-0.15, -0.1) is 0 Å². The zero-order valence-corrected chi connectivity index (χ0v) is 23.1. The minimum Gasteiger partial charge on any atom is -0.458 e. The summed E-state index contributed by atoms with van der Waals surface area (Å²) in [5.41, 5.74) is -1.13. The Bertz CT molecular complexity index is 1260. The van der Waals surface area contributed by atoms with E-state index in [0.717, 1.165) is 24.0 Å². The van der Waals surface area contributed by atoms with E-state index in [1.54, 1.807) is 30.6 Å². The molecule has 3 fully saturated rings. The van der Waals surface area contributed by atoms with E-state index in [1.807, 2.05) is 19.1 Å². The van der Waals surface area contributed by atoms with E-state index in [-0.39, 0.29) is 55.1 Å². The number of amides is 1. The van der Waals surface area contributed by atoms with Crippen LogP contribution in [0.1, 0.15) is 64.4 Å². The number of Topliss-reactive ketones (excluding diaryl/α,β-unsaturated/α-hetero) is 1. The lowest BCUT2D eigenvalue weighted by Crippen LogP contribution is -2.61. The van der Waals surface area contributed by atoms with Crippen LogP contribution in [-0.4, -0.2) is 57.0 Å². The fraction of sp³-hybridized carbons (Fsp3) is 0.581. The van der Waals surface area contributed by atoms with Crippen LogP contribution in [0.2, 0.25) is 0 Å². The van der Waals surface area contributed by atoms with E-state index in [0.29, 0.717) is 13.0 Å². The molecule has 5 rings (SSSR count). The van der Waals surface area contributed by atoms with Crippen LogP contribution in [0, 0.1) is 28.6 Å². The fourth-order valence-electron chi connectivity index (χ4n) is 8.13. The smallest absolute Gasteiger partial charge is 0.306 e. The molecule has 1 heterocycles. The minimum atomic E-state index is -1.72. The maximum Gasteiger partial charge on any atom is 0.306 e. The van der Waals surface area contributed by atoms with Gasteiger partial charge in [-0.05, 0) is 67.7 Å². The van der Waals surface area contributed by atoms with E-state index in [2.05, 4.69) is 17.2 Å². The van der Waals surface area contributed by atoms with Gasteiger partial charge in [-0.2, -0.15) is 0 Å². The summed E-state index contributed by atoms with van der Waals surface area (Å²) < 4.78 is 5.20. The van der Waals surface area contributed by atoms with Crippen molar-refractivity contribution < 1.29 is 34.1 Å². The standard InChI is InChI=1S/C31H38N2O7/c1-29-11-9-21(34)14-20(29)5-6-22-23-10-12-31(39,30(23,2)15-24(35)28(22)29)25(36)18-40-27(38)8-7-26(37)33-17-19-4-3-13-32-16-19/h3-4,9,11,13-14,16,22-24,28,35,39H,5-8,10,12,15,17-18H2,1-2H3,(H,33,37). The Kier molecular flexibility index (Phi) is 7.56. The Morgan fingerprint density at radius 3 is 2.75 bits per heavy atom. The van der Waals surface area contributed by atoms with Gasteiger partial charge in [0.05, 0.1) is 12.5 Å². The van der Waals surface area contributed by atoms with Gasteiger partial charge in [-0.1, -0.05) is 31.6 Å². The second-order valence-electron chi connectivity index (χ2n) is 12.3. The molecule has 0 radical (unpaired) electrons. The van der Waals surface area contributed by atoms with Gasteiger partial charge in [-0.25, -0.2) is 0 Å². The molecule has 1 amide bonds. The van der Waals surface area contributed by atoms with Crippen LogP contribution in [0.4, 0.5) is 0 Å². The number of pyridine rings is 1. The molecule has 214 valence electrons. The van der Waals surface area contributed by atoms with Gasteiger partial charge < -0.3 is 20.3 Å². The number of aliphatic hydroxyl groups excluding tert-OH is 1. The molecule has 0 aromatic carbocycles. The predicted octanol–water partition coefficient (Wildman–Crippen LogP) is 2.60. The number of nitrogens with one attached hydrogen (secondary N) is 1. The molecule has 0 spiro atoms. The van der Waals surface area contributed by atoms with Crippen molar-refractivity contribution in [2.24, 2.45) is 28.6 Å². The summed E-state index contributed by atoms with van der Waals surface area (Å²) >= 11 is 0. The van der Waals surface area contributed by atoms with E-state index in [1.165, 1.54) is 0 Å². The van der Waals surface area contributed by atoms with Gasteiger partial charge in [0.1, 0.15) is 5.60 Å². The van der Waals surface area contributed by atoms with Gasteiger partial charge in [0, 0.05) is 42.1 Å². The first-order valence-corrected chi connectivity index (χ1v) is 14.2. The second-order valence-corrected chi connectivity index (χ2v) is 12.3. The van der Waals surface area contributed by atoms with Crippen molar-refractivity contribution in [1.82, 2.24) is 10.3 Å². The lowest BCUT2D eigenvalue weighted by molar-refractivity contribution is -0.181. The molecule has 7 unspecified atom stereocenters.